The third-order valence-electron chi connectivity index (χ3n) is 2.43. The fourth-order valence-electron chi connectivity index (χ4n) is 1.34. The summed E-state index contributed by atoms with van der Waals surface area (Å²) in [4.78, 5) is 23.2. The van der Waals surface area contributed by atoms with Crippen LogP contribution in [0.5, 0.6) is 0 Å². The third kappa shape index (κ3) is 3.21. The van der Waals surface area contributed by atoms with E-state index in [1.165, 1.54) is 12.1 Å². The molecule has 0 saturated carbocycles. The zero-order valence-corrected chi connectivity index (χ0v) is 9.43. The molecule has 0 fully saturated rings. The van der Waals surface area contributed by atoms with Crippen molar-refractivity contribution < 1.29 is 30.0 Å². The average Bonchev–Trinajstić information content (AvgIpc) is 2.44. The van der Waals surface area contributed by atoms with Crippen molar-refractivity contribution in [1.29, 1.82) is 0 Å². The molecule has 18 heavy (non-hydrogen) atoms. The van der Waals surface area contributed by atoms with Gasteiger partial charge in [0.1, 0.15) is 18.3 Å². The van der Waals surface area contributed by atoms with Crippen LogP contribution in [0.25, 0.3) is 0 Å². The van der Waals surface area contributed by atoms with Gasteiger partial charge in [-0.3, -0.25) is 9.59 Å². The van der Waals surface area contributed by atoms with Gasteiger partial charge in [-0.05, 0) is 0 Å². The van der Waals surface area contributed by atoms with Crippen LogP contribution in [0.4, 0.5) is 0 Å². The summed E-state index contributed by atoms with van der Waals surface area (Å²) in [5.74, 6) is -2.20. The second-order valence-electron chi connectivity index (χ2n) is 3.74. The van der Waals surface area contributed by atoms with Crippen LogP contribution >= 0.6 is 0 Å². The van der Waals surface area contributed by atoms with Crippen molar-refractivity contribution in [3.8, 4) is 0 Å². The molecule has 98 valence electrons. The lowest BCUT2D eigenvalue weighted by atomic mass is 9.98. The molecule has 0 aromatic heterocycles. The highest BCUT2D eigenvalue weighted by Gasteiger charge is 2.33. The van der Waals surface area contributed by atoms with E-state index in [2.05, 4.69) is 0 Å². The van der Waals surface area contributed by atoms with E-state index in [-0.39, 0.29) is 5.56 Å². The van der Waals surface area contributed by atoms with Crippen LogP contribution in [0.1, 0.15) is 10.4 Å². The van der Waals surface area contributed by atoms with E-state index in [0.29, 0.717) is 0 Å². The van der Waals surface area contributed by atoms with Gasteiger partial charge in [0.15, 0.2) is 0 Å². The quantitative estimate of drug-likeness (QED) is 0.363. The largest absolute Gasteiger partial charge is 0.394 e. The molecule has 0 amide bonds. The van der Waals surface area contributed by atoms with Gasteiger partial charge in [0.05, 0.1) is 6.61 Å². The number of hydrogen-bond donors (Lipinski definition) is 4. The van der Waals surface area contributed by atoms with Crippen LogP contribution in [0.3, 0.4) is 0 Å². The minimum absolute atomic E-state index is 0.0761. The minimum atomic E-state index is -2.07. The monoisotopic (exact) mass is 254 g/mol. The van der Waals surface area contributed by atoms with E-state index < -0.39 is 36.5 Å². The molecule has 0 spiro atoms. The van der Waals surface area contributed by atoms with E-state index in [4.69, 9.17) is 10.2 Å². The molecule has 0 aliphatic carbocycles. The molecule has 3 atom stereocenters. The first-order valence-electron chi connectivity index (χ1n) is 5.27. The predicted molar refractivity (Wildman–Crippen MR) is 60.9 cm³/mol. The standard InChI is InChI=1S/C12H14O6/c13-6-8(14)10(16)12(18)11(17)9(15)7-4-2-1-3-5-7/h1-5,8,10,12-14,16,18H,6H2/t8-,10-,12-/m1/s1. The summed E-state index contributed by atoms with van der Waals surface area (Å²) in [6, 6.07) is 7.53. The Labute approximate surface area is 103 Å². The van der Waals surface area contributed by atoms with Crippen molar-refractivity contribution in [1.82, 2.24) is 0 Å². The summed E-state index contributed by atoms with van der Waals surface area (Å²) >= 11 is 0. The lowest BCUT2D eigenvalue weighted by Gasteiger charge is -2.19. The number of Topliss-reactive ketones (excluding diaryl/α,β-unsaturated/α-hetero) is 2. The fourth-order valence-corrected chi connectivity index (χ4v) is 1.34. The molecule has 1 aromatic rings. The fraction of sp³-hybridized carbons (Fsp3) is 0.333. The molecule has 0 saturated heterocycles. The normalized spacial score (nSPS) is 15.8. The van der Waals surface area contributed by atoms with E-state index in [0.717, 1.165) is 0 Å². The third-order valence-corrected chi connectivity index (χ3v) is 2.43. The van der Waals surface area contributed by atoms with Crippen molar-refractivity contribution in [2.75, 3.05) is 6.61 Å². The zero-order chi connectivity index (χ0) is 13.7. The van der Waals surface area contributed by atoms with Crippen molar-refractivity contribution in [3.05, 3.63) is 35.9 Å². The molecule has 0 aliphatic rings. The van der Waals surface area contributed by atoms with Crippen LogP contribution < -0.4 is 0 Å². The molecule has 1 rings (SSSR count). The summed E-state index contributed by atoms with van der Waals surface area (Å²) in [6.07, 6.45) is -5.66. The second kappa shape index (κ2) is 6.36. The maximum atomic E-state index is 11.6. The molecule has 0 unspecified atom stereocenters. The van der Waals surface area contributed by atoms with Crippen LogP contribution in [0, 0.1) is 0 Å². The van der Waals surface area contributed by atoms with E-state index in [9.17, 15) is 19.8 Å². The van der Waals surface area contributed by atoms with Gasteiger partial charge in [-0.15, -0.1) is 0 Å². The topological polar surface area (TPSA) is 115 Å². The summed E-state index contributed by atoms with van der Waals surface area (Å²) in [6.45, 7) is -0.828. The Kier molecular flexibility index (Phi) is 5.11. The molecular formula is C12H14O6. The highest BCUT2D eigenvalue weighted by molar-refractivity contribution is 6.45. The first-order chi connectivity index (χ1) is 8.49. The minimum Gasteiger partial charge on any atom is -0.394 e. The van der Waals surface area contributed by atoms with Gasteiger partial charge in [0.25, 0.3) is 0 Å². The van der Waals surface area contributed by atoms with Crippen LogP contribution in [0.2, 0.25) is 0 Å². The number of carbonyl (C=O) groups is 2. The molecule has 6 heteroatoms. The van der Waals surface area contributed by atoms with E-state index in [1.54, 1.807) is 18.2 Å². The molecule has 6 nitrogen and oxygen atoms in total. The maximum Gasteiger partial charge on any atom is 0.234 e. The van der Waals surface area contributed by atoms with Gasteiger partial charge >= 0.3 is 0 Å². The molecule has 4 N–H and O–H groups in total. The summed E-state index contributed by atoms with van der Waals surface area (Å²) < 4.78 is 0. The smallest absolute Gasteiger partial charge is 0.234 e. The first kappa shape index (κ1) is 14.5. The number of benzene rings is 1. The van der Waals surface area contributed by atoms with Crippen LogP contribution in [-0.4, -0.2) is 56.9 Å². The Morgan fingerprint density at radius 1 is 1.06 bits per heavy atom. The van der Waals surface area contributed by atoms with Crippen molar-refractivity contribution >= 4 is 11.6 Å². The number of rotatable bonds is 6. The van der Waals surface area contributed by atoms with Gasteiger partial charge in [0.2, 0.25) is 11.6 Å². The Hall–Kier alpha value is -1.60. The Morgan fingerprint density at radius 2 is 1.61 bits per heavy atom. The maximum absolute atomic E-state index is 11.6. The van der Waals surface area contributed by atoms with Crippen LogP contribution in [-0.2, 0) is 4.79 Å². The number of carbonyl (C=O) groups excluding carboxylic acids is 2. The van der Waals surface area contributed by atoms with Crippen molar-refractivity contribution in [3.63, 3.8) is 0 Å². The molecule has 0 aliphatic heterocycles. The Balaban J connectivity index is 2.79. The molecule has 1 aromatic carbocycles. The highest BCUT2D eigenvalue weighted by Crippen LogP contribution is 2.07. The zero-order valence-electron chi connectivity index (χ0n) is 9.43. The molecule has 0 radical (unpaired) electrons. The SMILES string of the molecule is O=C(C(=O)[C@H](O)[C@H](O)[C@H](O)CO)c1ccccc1. The number of aliphatic hydroxyl groups excluding tert-OH is 4. The predicted octanol–water partition coefficient (Wildman–Crippen LogP) is -1.49. The van der Waals surface area contributed by atoms with Crippen molar-refractivity contribution in [2.24, 2.45) is 0 Å². The van der Waals surface area contributed by atoms with Gasteiger partial charge in [-0.25, -0.2) is 0 Å². The van der Waals surface area contributed by atoms with Crippen molar-refractivity contribution in [2.45, 2.75) is 18.3 Å². The number of aliphatic hydroxyl groups is 4. The number of hydrogen-bond acceptors (Lipinski definition) is 6. The van der Waals surface area contributed by atoms with Gasteiger partial charge < -0.3 is 20.4 Å². The first-order valence-corrected chi connectivity index (χ1v) is 5.27. The van der Waals surface area contributed by atoms with E-state index in [1.807, 2.05) is 0 Å². The Morgan fingerprint density at radius 3 is 2.11 bits per heavy atom. The summed E-state index contributed by atoms with van der Waals surface area (Å²) in [5.41, 5.74) is 0.0761. The van der Waals surface area contributed by atoms with E-state index >= 15 is 0 Å². The summed E-state index contributed by atoms with van der Waals surface area (Å²) in [7, 11) is 0. The average molecular weight is 254 g/mol. The Bertz CT molecular complexity index is 416. The second-order valence-corrected chi connectivity index (χ2v) is 3.74. The number of ketones is 2. The molecule has 0 heterocycles. The van der Waals surface area contributed by atoms with Gasteiger partial charge in [0, 0.05) is 5.56 Å². The lowest BCUT2D eigenvalue weighted by molar-refractivity contribution is -0.135. The molecular weight excluding hydrogens is 240 g/mol. The highest BCUT2D eigenvalue weighted by atomic mass is 16.4. The van der Waals surface area contributed by atoms with Crippen LogP contribution in [0.15, 0.2) is 30.3 Å². The summed E-state index contributed by atoms with van der Waals surface area (Å²) in [5, 5.41) is 36.4. The lowest BCUT2D eigenvalue weighted by Crippen LogP contribution is -2.46. The van der Waals surface area contributed by atoms with Gasteiger partial charge in [-0.2, -0.15) is 0 Å². The molecule has 0 bridgehead atoms. The van der Waals surface area contributed by atoms with Gasteiger partial charge in [-0.1, -0.05) is 30.3 Å².